The van der Waals surface area contributed by atoms with Crippen molar-refractivity contribution >= 4 is 50.9 Å². The molecular formula is C13H15Cl3N4O3S. The maximum Gasteiger partial charge on any atom is 0.264 e. The molecule has 0 amide bonds. The lowest BCUT2D eigenvalue weighted by Gasteiger charge is -2.37. The first-order valence-corrected chi connectivity index (χ1v) is 9.72. The highest BCUT2D eigenvalue weighted by Gasteiger charge is 2.37. The molecule has 0 fully saturated rings. The van der Waals surface area contributed by atoms with Gasteiger partial charge in [0.15, 0.2) is 0 Å². The van der Waals surface area contributed by atoms with Crippen molar-refractivity contribution in [3.05, 3.63) is 34.4 Å². The number of nitrogens with one attached hydrogen (secondary N) is 1. The molecule has 0 aliphatic heterocycles. The van der Waals surface area contributed by atoms with Gasteiger partial charge in [-0.25, -0.2) is 0 Å². The van der Waals surface area contributed by atoms with Crippen LogP contribution in [0.2, 0.25) is 10.6 Å². The Labute approximate surface area is 154 Å². The van der Waals surface area contributed by atoms with Gasteiger partial charge in [-0.05, 0) is 43.0 Å². The third-order valence-corrected chi connectivity index (χ3v) is 5.12. The lowest BCUT2D eigenvalue weighted by Crippen LogP contribution is -2.46. The van der Waals surface area contributed by atoms with Crippen LogP contribution < -0.4 is 5.32 Å². The Morgan fingerprint density at radius 2 is 1.92 bits per heavy atom. The summed E-state index contributed by atoms with van der Waals surface area (Å²) in [5, 5.41) is 2.40. The highest BCUT2D eigenvalue weighted by molar-refractivity contribution is 7.85. The SMILES string of the molecule is CC1=CC(Cl)C(CCCS(=O)(=O)O)(Nc2nc(Cl)nc(Cl)n2)C=C1. The van der Waals surface area contributed by atoms with Crippen molar-refractivity contribution in [2.24, 2.45) is 0 Å². The fourth-order valence-corrected chi connectivity index (χ4v) is 3.65. The van der Waals surface area contributed by atoms with Gasteiger partial charge in [-0.1, -0.05) is 23.8 Å². The topological polar surface area (TPSA) is 105 Å². The molecule has 0 saturated heterocycles. The molecule has 2 atom stereocenters. The number of aromatic nitrogens is 3. The Morgan fingerprint density at radius 1 is 1.29 bits per heavy atom. The number of hydrogen-bond donors (Lipinski definition) is 2. The standard InChI is InChI=1S/C13H15Cl3N4O3S/c1-8-3-5-13(9(14)7-8,4-2-6-24(21,22)23)20-12-18-10(15)17-11(16)19-12/h3,5,7,9H,2,4,6H2,1H3,(H,21,22,23)(H,17,18,19,20). The van der Waals surface area contributed by atoms with Gasteiger partial charge in [0.2, 0.25) is 16.5 Å². The molecular weight excluding hydrogens is 399 g/mol. The Hall–Kier alpha value is -0.930. The summed E-state index contributed by atoms with van der Waals surface area (Å²) in [4.78, 5) is 11.6. The summed E-state index contributed by atoms with van der Waals surface area (Å²) in [6.45, 7) is 1.89. The quantitative estimate of drug-likeness (QED) is 0.545. The van der Waals surface area contributed by atoms with Crippen LogP contribution >= 0.6 is 34.8 Å². The Kier molecular flexibility index (Phi) is 6.09. The molecule has 1 aromatic heterocycles. The number of halogens is 3. The number of nitrogens with zero attached hydrogens (tertiary/aromatic N) is 3. The van der Waals surface area contributed by atoms with E-state index in [4.69, 9.17) is 39.4 Å². The first kappa shape index (κ1) is 19.4. The van der Waals surface area contributed by atoms with Crippen molar-refractivity contribution < 1.29 is 13.0 Å². The largest absolute Gasteiger partial charge is 0.343 e. The third kappa shape index (κ3) is 5.29. The summed E-state index contributed by atoms with van der Waals surface area (Å²) in [7, 11) is -4.06. The van der Waals surface area contributed by atoms with E-state index in [2.05, 4.69) is 20.3 Å². The third-order valence-electron chi connectivity index (χ3n) is 3.46. The highest BCUT2D eigenvalue weighted by atomic mass is 35.5. The van der Waals surface area contributed by atoms with Crippen molar-refractivity contribution in [1.82, 2.24) is 15.0 Å². The monoisotopic (exact) mass is 412 g/mol. The molecule has 1 aliphatic rings. The van der Waals surface area contributed by atoms with E-state index in [1.807, 2.05) is 25.2 Å². The van der Waals surface area contributed by atoms with Crippen LogP contribution in [0.15, 0.2) is 23.8 Å². The van der Waals surface area contributed by atoms with E-state index in [-0.39, 0.29) is 28.7 Å². The molecule has 11 heteroatoms. The van der Waals surface area contributed by atoms with Crippen LogP contribution in [0.5, 0.6) is 0 Å². The minimum Gasteiger partial charge on any atom is -0.343 e. The first-order valence-electron chi connectivity index (χ1n) is 6.92. The molecule has 0 aromatic carbocycles. The van der Waals surface area contributed by atoms with Crippen LogP contribution in [0.1, 0.15) is 19.8 Å². The van der Waals surface area contributed by atoms with Crippen molar-refractivity contribution in [3.63, 3.8) is 0 Å². The number of alkyl halides is 1. The van der Waals surface area contributed by atoms with Crippen LogP contribution in [0.4, 0.5) is 5.95 Å². The van der Waals surface area contributed by atoms with E-state index < -0.39 is 21.0 Å². The second kappa shape index (κ2) is 7.53. The summed E-state index contributed by atoms with van der Waals surface area (Å²) in [6.07, 6.45) is 5.98. The fourth-order valence-electron chi connectivity index (χ4n) is 2.34. The molecule has 1 aromatic rings. The van der Waals surface area contributed by atoms with E-state index >= 15 is 0 Å². The molecule has 0 spiro atoms. The molecule has 1 heterocycles. The van der Waals surface area contributed by atoms with Gasteiger partial charge < -0.3 is 5.32 Å². The molecule has 7 nitrogen and oxygen atoms in total. The normalized spacial score (nSPS) is 23.9. The zero-order chi connectivity index (χ0) is 18.0. The zero-order valence-corrected chi connectivity index (χ0v) is 15.7. The van der Waals surface area contributed by atoms with E-state index in [1.54, 1.807) is 0 Å². The molecule has 2 N–H and O–H groups in total. The smallest absolute Gasteiger partial charge is 0.264 e. The van der Waals surface area contributed by atoms with Gasteiger partial charge >= 0.3 is 0 Å². The van der Waals surface area contributed by atoms with Gasteiger partial charge in [0.05, 0.1) is 16.7 Å². The fraction of sp³-hybridized carbons (Fsp3) is 0.462. The van der Waals surface area contributed by atoms with Crippen LogP contribution in [0.25, 0.3) is 0 Å². The van der Waals surface area contributed by atoms with Gasteiger partial charge in [0.1, 0.15) is 0 Å². The Bertz CT molecular complexity index is 764. The Morgan fingerprint density at radius 3 is 2.46 bits per heavy atom. The molecule has 0 bridgehead atoms. The second-order valence-corrected chi connectivity index (χ2v) is 8.12. The van der Waals surface area contributed by atoms with Gasteiger partial charge in [-0.15, -0.1) is 11.6 Å². The molecule has 0 saturated carbocycles. The minimum absolute atomic E-state index is 0.0804. The van der Waals surface area contributed by atoms with Crippen LogP contribution in [-0.2, 0) is 10.1 Å². The average Bonchev–Trinajstić information content (AvgIpc) is 2.40. The van der Waals surface area contributed by atoms with E-state index in [1.165, 1.54) is 0 Å². The minimum atomic E-state index is -4.06. The molecule has 2 rings (SSSR count). The van der Waals surface area contributed by atoms with Crippen molar-refractivity contribution in [3.8, 4) is 0 Å². The molecule has 0 radical (unpaired) electrons. The van der Waals surface area contributed by atoms with E-state index in [9.17, 15) is 8.42 Å². The molecule has 132 valence electrons. The number of hydrogen-bond acceptors (Lipinski definition) is 6. The van der Waals surface area contributed by atoms with Gasteiger partial charge in [0, 0.05) is 0 Å². The summed E-state index contributed by atoms with van der Waals surface area (Å²) in [5.41, 5.74) is 0.105. The predicted octanol–water partition coefficient (Wildman–Crippen LogP) is 3.12. The van der Waals surface area contributed by atoms with Crippen molar-refractivity contribution in [2.45, 2.75) is 30.7 Å². The van der Waals surface area contributed by atoms with E-state index in [0.29, 0.717) is 6.42 Å². The van der Waals surface area contributed by atoms with Gasteiger partial charge in [-0.2, -0.15) is 23.4 Å². The van der Waals surface area contributed by atoms with E-state index in [0.717, 1.165) is 5.57 Å². The molecule has 1 aliphatic carbocycles. The second-order valence-electron chi connectivity index (χ2n) is 5.40. The van der Waals surface area contributed by atoms with Crippen LogP contribution in [-0.4, -0.2) is 44.6 Å². The summed E-state index contributed by atoms with van der Waals surface area (Å²) in [5.74, 6) is -0.259. The number of rotatable bonds is 6. The molecule has 24 heavy (non-hydrogen) atoms. The number of anilines is 1. The van der Waals surface area contributed by atoms with Gasteiger partial charge in [-0.3, -0.25) is 4.55 Å². The summed E-state index contributed by atoms with van der Waals surface area (Å²) in [6, 6.07) is 0. The molecule has 2 unspecified atom stereocenters. The summed E-state index contributed by atoms with van der Waals surface area (Å²) >= 11 is 18.0. The lowest BCUT2D eigenvalue weighted by molar-refractivity contribution is 0.470. The van der Waals surface area contributed by atoms with Crippen molar-refractivity contribution in [2.75, 3.05) is 11.1 Å². The van der Waals surface area contributed by atoms with Gasteiger partial charge in [0.25, 0.3) is 10.1 Å². The summed E-state index contributed by atoms with van der Waals surface area (Å²) < 4.78 is 30.8. The zero-order valence-electron chi connectivity index (χ0n) is 12.6. The van der Waals surface area contributed by atoms with Crippen LogP contribution in [0, 0.1) is 0 Å². The average molecular weight is 414 g/mol. The van der Waals surface area contributed by atoms with Crippen LogP contribution in [0.3, 0.4) is 0 Å². The first-order chi connectivity index (χ1) is 11.1. The number of allylic oxidation sites excluding steroid dienone is 2. The highest BCUT2D eigenvalue weighted by Crippen LogP contribution is 2.33. The maximum absolute atomic E-state index is 11.0. The Balaban J connectivity index is 2.27. The lowest BCUT2D eigenvalue weighted by atomic mass is 9.84. The predicted molar refractivity (Wildman–Crippen MR) is 94.4 cm³/mol. The van der Waals surface area contributed by atoms with Crippen molar-refractivity contribution in [1.29, 1.82) is 0 Å². The maximum atomic E-state index is 11.0.